The standard InChI is InChI=1S/C13H21N3O4S/c1-6(2)9(10(14)17)15-13(20)16-8(12(18)19)5-21-11(16)7-3-4-7/h6-9,11H,3-5H2,1-2H3,(H2,14,17)(H,15,20)(H,18,19). The number of aliphatic carboxylic acids is 1. The van der Waals surface area contributed by atoms with Gasteiger partial charge in [0.1, 0.15) is 12.1 Å². The van der Waals surface area contributed by atoms with Crippen molar-refractivity contribution in [2.75, 3.05) is 5.75 Å². The molecule has 2 fully saturated rings. The predicted octanol–water partition coefficient (Wildman–Crippen LogP) is 0.444. The number of amides is 3. The summed E-state index contributed by atoms with van der Waals surface area (Å²) in [6.07, 6.45) is 2.02. The van der Waals surface area contributed by atoms with Crippen LogP contribution >= 0.6 is 11.8 Å². The second-order valence-corrected chi connectivity index (χ2v) is 7.05. The molecule has 0 spiro atoms. The van der Waals surface area contributed by atoms with Crippen LogP contribution in [-0.4, -0.2) is 51.1 Å². The molecule has 1 heterocycles. The van der Waals surface area contributed by atoms with Crippen molar-refractivity contribution < 1.29 is 19.5 Å². The molecule has 1 aliphatic carbocycles. The third kappa shape index (κ3) is 3.42. The highest BCUT2D eigenvalue weighted by molar-refractivity contribution is 8.00. The molecule has 3 unspecified atom stereocenters. The van der Waals surface area contributed by atoms with E-state index in [1.54, 1.807) is 13.8 Å². The number of nitrogens with zero attached hydrogens (tertiary/aromatic N) is 1. The second kappa shape index (κ2) is 6.13. The number of carbonyl (C=O) groups excluding carboxylic acids is 2. The molecule has 2 aliphatic rings. The number of rotatable bonds is 5. The Balaban J connectivity index is 2.12. The van der Waals surface area contributed by atoms with Gasteiger partial charge in [0, 0.05) is 5.75 Å². The van der Waals surface area contributed by atoms with Gasteiger partial charge in [-0.2, -0.15) is 0 Å². The number of urea groups is 1. The number of carboxylic acids is 1. The quantitative estimate of drug-likeness (QED) is 0.681. The molecule has 4 N–H and O–H groups in total. The fourth-order valence-corrected chi connectivity index (χ4v) is 4.12. The summed E-state index contributed by atoms with van der Waals surface area (Å²) in [6, 6.07) is -2.15. The van der Waals surface area contributed by atoms with Gasteiger partial charge in [0.05, 0.1) is 5.37 Å². The lowest BCUT2D eigenvalue weighted by Gasteiger charge is -2.30. The molecule has 1 saturated heterocycles. The van der Waals surface area contributed by atoms with Crippen LogP contribution in [0.2, 0.25) is 0 Å². The van der Waals surface area contributed by atoms with E-state index >= 15 is 0 Å². The first kappa shape index (κ1) is 15.9. The van der Waals surface area contributed by atoms with Crippen molar-refractivity contribution in [3.63, 3.8) is 0 Å². The summed E-state index contributed by atoms with van der Waals surface area (Å²) in [6.45, 7) is 3.56. The molecule has 0 aromatic heterocycles. The summed E-state index contributed by atoms with van der Waals surface area (Å²) < 4.78 is 0. The molecule has 2 rings (SSSR count). The van der Waals surface area contributed by atoms with E-state index in [-0.39, 0.29) is 11.3 Å². The van der Waals surface area contributed by atoms with Crippen molar-refractivity contribution in [2.24, 2.45) is 17.6 Å². The van der Waals surface area contributed by atoms with E-state index in [1.807, 2.05) is 0 Å². The van der Waals surface area contributed by atoms with Crippen LogP contribution in [0.4, 0.5) is 4.79 Å². The first-order valence-corrected chi connectivity index (χ1v) is 8.10. The first-order valence-electron chi connectivity index (χ1n) is 7.05. The number of nitrogens with two attached hydrogens (primary N) is 1. The van der Waals surface area contributed by atoms with E-state index < -0.39 is 30.0 Å². The van der Waals surface area contributed by atoms with Gasteiger partial charge in [0.25, 0.3) is 0 Å². The lowest BCUT2D eigenvalue weighted by atomic mass is 10.0. The molecule has 0 bridgehead atoms. The van der Waals surface area contributed by atoms with E-state index in [0.29, 0.717) is 11.7 Å². The average molecular weight is 315 g/mol. The lowest BCUT2D eigenvalue weighted by molar-refractivity contribution is -0.141. The van der Waals surface area contributed by atoms with Crippen LogP contribution in [0.5, 0.6) is 0 Å². The van der Waals surface area contributed by atoms with Crippen LogP contribution in [0.15, 0.2) is 0 Å². The Kier molecular flexibility index (Phi) is 4.65. The summed E-state index contributed by atoms with van der Waals surface area (Å²) >= 11 is 1.50. The number of nitrogens with one attached hydrogen (secondary N) is 1. The third-order valence-electron chi connectivity index (χ3n) is 3.83. The number of carboxylic acid groups (broad SMARTS) is 1. The molecule has 1 saturated carbocycles. The maximum absolute atomic E-state index is 12.5. The fraction of sp³-hybridized carbons (Fsp3) is 0.769. The van der Waals surface area contributed by atoms with Gasteiger partial charge < -0.3 is 16.2 Å². The largest absolute Gasteiger partial charge is 0.480 e. The number of thioether (sulfide) groups is 1. The molecule has 118 valence electrons. The summed E-state index contributed by atoms with van der Waals surface area (Å²) in [5, 5.41) is 11.8. The molecule has 1 aliphatic heterocycles. The van der Waals surface area contributed by atoms with Crippen molar-refractivity contribution in [2.45, 2.75) is 44.1 Å². The highest BCUT2D eigenvalue weighted by Crippen LogP contribution is 2.45. The van der Waals surface area contributed by atoms with Crippen molar-refractivity contribution in [3.05, 3.63) is 0 Å². The SMILES string of the molecule is CC(C)C(NC(=O)N1C(C(=O)O)CSC1C1CC1)C(N)=O. The van der Waals surface area contributed by atoms with E-state index in [4.69, 9.17) is 5.73 Å². The van der Waals surface area contributed by atoms with Crippen molar-refractivity contribution in [1.82, 2.24) is 10.2 Å². The Morgan fingerprint density at radius 2 is 1.95 bits per heavy atom. The Bertz CT molecular complexity index is 453. The first-order chi connectivity index (χ1) is 9.82. The molecule has 3 amide bonds. The molecule has 7 nitrogen and oxygen atoms in total. The summed E-state index contributed by atoms with van der Waals surface area (Å²) in [4.78, 5) is 36.6. The molecular weight excluding hydrogens is 294 g/mol. The van der Waals surface area contributed by atoms with E-state index in [9.17, 15) is 19.5 Å². The Morgan fingerprint density at radius 1 is 1.33 bits per heavy atom. The molecule has 0 aromatic carbocycles. The summed E-state index contributed by atoms with van der Waals surface area (Å²) in [7, 11) is 0. The van der Waals surface area contributed by atoms with Crippen LogP contribution in [0, 0.1) is 11.8 Å². The van der Waals surface area contributed by atoms with Crippen LogP contribution in [0.1, 0.15) is 26.7 Å². The molecule has 3 atom stereocenters. The Labute approximate surface area is 127 Å². The molecule has 0 radical (unpaired) electrons. The number of primary amides is 1. The zero-order valence-electron chi connectivity index (χ0n) is 12.1. The maximum atomic E-state index is 12.5. The number of hydrogen-bond acceptors (Lipinski definition) is 4. The van der Waals surface area contributed by atoms with Crippen molar-refractivity contribution in [1.29, 1.82) is 0 Å². The van der Waals surface area contributed by atoms with Crippen LogP contribution in [0.3, 0.4) is 0 Å². The van der Waals surface area contributed by atoms with E-state index in [1.165, 1.54) is 16.7 Å². The van der Waals surface area contributed by atoms with Crippen LogP contribution in [-0.2, 0) is 9.59 Å². The van der Waals surface area contributed by atoms with E-state index in [0.717, 1.165) is 12.8 Å². The normalized spacial score (nSPS) is 26.7. The van der Waals surface area contributed by atoms with Crippen LogP contribution in [0.25, 0.3) is 0 Å². The van der Waals surface area contributed by atoms with Gasteiger partial charge in [-0.3, -0.25) is 9.69 Å². The molecule has 21 heavy (non-hydrogen) atoms. The fourth-order valence-electron chi connectivity index (χ4n) is 2.49. The molecule has 0 aromatic rings. The van der Waals surface area contributed by atoms with Gasteiger partial charge in [-0.15, -0.1) is 11.8 Å². The van der Waals surface area contributed by atoms with Gasteiger partial charge in [0.15, 0.2) is 0 Å². The maximum Gasteiger partial charge on any atom is 0.327 e. The zero-order valence-corrected chi connectivity index (χ0v) is 12.9. The Hall–Kier alpha value is -1.44. The van der Waals surface area contributed by atoms with Crippen molar-refractivity contribution >= 4 is 29.7 Å². The second-order valence-electron chi connectivity index (χ2n) is 5.90. The molecule has 8 heteroatoms. The Morgan fingerprint density at radius 3 is 2.38 bits per heavy atom. The molecular formula is C13H21N3O4S. The lowest BCUT2D eigenvalue weighted by Crippen LogP contribution is -2.56. The van der Waals surface area contributed by atoms with Gasteiger partial charge in [0.2, 0.25) is 5.91 Å². The zero-order chi connectivity index (χ0) is 15.7. The minimum atomic E-state index is -1.01. The number of hydrogen-bond donors (Lipinski definition) is 3. The topological polar surface area (TPSA) is 113 Å². The van der Waals surface area contributed by atoms with Gasteiger partial charge >= 0.3 is 12.0 Å². The minimum absolute atomic E-state index is 0.119. The third-order valence-corrected chi connectivity index (χ3v) is 5.29. The number of carbonyl (C=O) groups is 3. The smallest absolute Gasteiger partial charge is 0.327 e. The van der Waals surface area contributed by atoms with E-state index in [2.05, 4.69) is 5.32 Å². The van der Waals surface area contributed by atoms with Gasteiger partial charge in [-0.25, -0.2) is 9.59 Å². The highest BCUT2D eigenvalue weighted by atomic mass is 32.2. The minimum Gasteiger partial charge on any atom is -0.480 e. The van der Waals surface area contributed by atoms with Gasteiger partial charge in [-0.1, -0.05) is 13.8 Å². The average Bonchev–Trinajstić information content (AvgIpc) is 3.13. The van der Waals surface area contributed by atoms with Crippen LogP contribution < -0.4 is 11.1 Å². The summed E-state index contributed by atoms with van der Waals surface area (Å²) in [5.74, 6) is -1.03. The summed E-state index contributed by atoms with van der Waals surface area (Å²) in [5.41, 5.74) is 5.29. The monoisotopic (exact) mass is 315 g/mol. The highest BCUT2D eigenvalue weighted by Gasteiger charge is 2.48. The van der Waals surface area contributed by atoms with Crippen molar-refractivity contribution in [3.8, 4) is 0 Å². The van der Waals surface area contributed by atoms with Gasteiger partial charge in [-0.05, 0) is 24.7 Å². The predicted molar refractivity (Wildman–Crippen MR) is 78.6 cm³/mol.